The van der Waals surface area contributed by atoms with Gasteiger partial charge in [0.1, 0.15) is 0 Å². The van der Waals surface area contributed by atoms with Crippen LogP contribution in [0.1, 0.15) is 42.5 Å². The molecule has 1 heterocycles. The molecule has 142 valence electrons. The third-order valence-corrected chi connectivity index (χ3v) is 5.37. The molecule has 0 saturated heterocycles. The Bertz CT molecular complexity index is 776. The Morgan fingerprint density at radius 3 is 2.15 bits per heavy atom. The molecule has 0 bridgehead atoms. The summed E-state index contributed by atoms with van der Waals surface area (Å²) in [5.41, 5.74) is 3.92. The van der Waals surface area contributed by atoms with Crippen LogP contribution in [0.5, 0.6) is 0 Å². The highest BCUT2D eigenvalue weighted by Gasteiger charge is 2.30. The van der Waals surface area contributed by atoms with Gasteiger partial charge < -0.3 is 10.6 Å². The van der Waals surface area contributed by atoms with Crippen LogP contribution in [0.2, 0.25) is 0 Å². The number of benzene rings is 1. The smallest absolute Gasteiger partial charge is 0.227 e. The second kappa shape index (κ2) is 8.80. The fourth-order valence-electron chi connectivity index (χ4n) is 3.68. The maximum Gasteiger partial charge on any atom is 0.227 e. The van der Waals surface area contributed by atoms with Crippen LogP contribution >= 0.6 is 0 Å². The molecule has 1 fully saturated rings. The molecule has 0 radical (unpaired) electrons. The molecule has 0 unspecified atom stereocenters. The Balaban J connectivity index is 1.48. The number of aryl methyl sites for hydroxylation is 2. The highest BCUT2D eigenvalue weighted by molar-refractivity contribution is 5.94. The molecule has 1 aliphatic rings. The number of hydrogen-bond acceptors (Lipinski definition) is 3. The van der Waals surface area contributed by atoms with Gasteiger partial charge in [-0.2, -0.15) is 0 Å². The molecule has 2 aromatic rings. The lowest BCUT2D eigenvalue weighted by Crippen LogP contribution is -2.35. The maximum atomic E-state index is 12.6. The van der Waals surface area contributed by atoms with Crippen LogP contribution < -0.4 is 10.6 Å². The van der Waals surface area contributed by atoms with Gasteiger partial charge in [-0.05, 0) is 62.8 Å². The fourth-order valence-corrected chi connectivity index (χ4v) is 3.68. The van der Waals surface area contributed by atoms with Crippen molar-refractivity contribution < 1.29 is 9.59 Å². The summed E-state index contributed by atoms with van der Waals surface area (Å²) in [5, 5.41) is 6.06. The van der Waals surface area contributed by atoms with Gasteiger partial charge in [-0.25, -0.2) is 0 Å². The lowest BCUT2D eigenvalue weighted by molar-refractivity contribution is -0.128. The van der Waals surface area contributed by atoms with Crippen molar-refractivity contribution in [2.75, 3.05) is 5.32 Å². The van der Waals surface area contributed by atoms with Crippen molar-refractivity contribution in [3.8, 4) is 0 Å². The van der Waals surface area contributed by atoms with Crippen LogP contribution in [0.3, 0.4) is 0 Å². The monoisotopic (exact) mass is 365 g/mol. The van der Waals surface area contributed by atoms with E-state index in [0.29, 0.717) is 6.54 Å². The molecule has 5 heteroatoms. The van der Waals surface area contributed by atoms with Crippen LogP contribution in [-0.2, 0) is 16.1 Å². The van der Waals surface area contributed by atoms with Crippen molar-refractivity contribution in [2.45, 2.75) is 46.1 Å². The summed E-state index contributed by atoms with van der Waals surface area (Å²) < 4.78 is 0. The summed E-state index contributed by atoms with van der Waals surface area (Å²) >= 11 is 0. The average molecular weight is 365 g/mol. The number of rotatable bonds is 5. The maximum absolute atomic E-state index is 12.6. The molecule has 3 rings (SSSR count). The van der Waals surface area contributed by atoms with Gasteiger partial charge in [0, 0.05) is 23.7 Å². The number of aromatic nitrogens is 1. The zero-order valence-electron chi connectivity index (χ0n) is 16.0. The molecular weight excluding hydrogens is 338 g/mol. The molecule has 0 spiro atoms. The molecule has 2 amide bonds. The van der Waals surface area contributed by atoms with E-state index in [1.54, 1.807) is 6.20 Å². The minimum Gasteiger partial charge on any atom is -0.350 e. The van der Waals surface area contributed by atoms with Crippen molar-refractivity contribution in [2.24, 2.45) is 11.8 Å². The fraction of sp³-hybridized carbons (Fsp3) is 0.409. The van der Waals surface area contributed by atoms with Crippen molar-refractivity contribution in [1.82, 2.24) is 10.3 Å². The third-order valence-electron chi connectivity index (χ3n) is 5.37. The van der Waals surface area contributed by atoms with Gasteiger partial charge in [0.25, 0.3) is 0 Å². The number of carbonyl (C=O) groups excluding carboxylic acids is 2. The van der Waals surface area contributed by atoms with Crippen molar-refractivity contribution in [3.05, 3.63) is 59.4 Å². The van der Waals surface area contributed by atoms with Crippen molar-refractivity contribution in [3.63, 3.8) is 0 Å². The first-order valence-corrected chi connectivity index (χ1v) is 9.59. The predicted octanol–water partition coefficient (Wildman–Crippen LogP) is 3.76. The number of anilines is 1. The number of carbonyl (C=O) groups is 2. The predicted molar refractivity (Wildman–Crippen MR) is 106 cm³/mol. The van der Waals surface area contributed by atoms with Crippen LogP contribution in [0.25, 0.3) is 0 Å². The molecule has 2 N–H and O–H groups in total. The Labute approximate surface area is 160 Å². The van der Waals surface area contributed by atoms with Gasteiger partial charge >= 0.3 is 0 Å². The highest BCUT2D eigenvalue weighted by atomic mass is 16.2. The molecule has 1 aromatic carbocycles. The number of pyridine rings is 1. The largest absolute Gasteiger partial charge is 0.350 e. The number of nitrogens with zero attached hydrogens (tertiary/aromatic N) is 1. The zero-order valence-corrected chi connectivity index (χ0v) is 16.0. The Morgan fingerprint density at radius 1 is 0.926 bits per heavy atom. The second-order valence-corrected chi connectivity index (χ2v) is 7.34. The quantitative estimate of drug-likeness (QED) is 0.847. The zero-order chi connectivity index (χ0) is 19.2. The molecular formula is C22H27N3O2. The molecule has 27 heavy (non-hydrogen) atoms. The van der Waals surface area contributed by atoms with E-state index < -0.39 is 0 Å². The average Bonchev–Trinajstić information content (AvgIpc) is 2.70. The molecule has 5 nitrogen and oxygen atoms in total. The second-order valence-electron chi connectivity index (χ2n) is 7.34. The van der Waals surface area contributed by atoms with Crippen LogP contribution in [0, 0.1) is 25.7 Å². The first kappa shape index (κ1) is 19.1. The van der Waals surface area contributed by atoms with Gasteiger partial charge in [0.05, 0.1) is 12.2 Å². The van der Waals surface area contributed by atoms with Gasteiger partial charge in [0.15, 0.2) is 0 Å². The van der Waals surface area contributed by atoms with Crippen LogP contribution in [-0.4, -0.2) is 16.8 Å². The Hall–Kier alpha value is -2.69. The lowest BCUT2D eigenvalue weighted by Gasteiger charge is -2.27. The summed E-state index contributed by atoms with van der Waals surface area (Å²) in [5.74, 6) is 0.0933. The van der Waals surface area contributed by atoms with E-state index in [-0.39, 0.29) is 23.7 Å². The van der Waals surface area contributed by atoms with E-state index in [2.05, 4.69) is 15.6 Å². The van der Waals surface area contributed by atoms with E-state index in [0.717, 1.165) is 48.2 Å². The minimum absolute atomic E-state index is 0.0158. The van der Waals surface area contributed by atoms with E-state index >= 15 is 0 Å². The van der Waals surface area contributed by atoms with Crippen molar-refractivity contribution >= 4 is 17.5 Å². The number of amides is 2. The van der Waals surface area contributed by atoms with Gasteiger partial charge in [-0.15, -0.1) is 0 Å². The summed E-state index contributed by atoms with van der Waals surface area (Å²) in [6.07, 6.45) is 4.72. The van der Waals surface area contributed by atoms with Crippen LogP contribution in [0.15, 0.2) is 42.6 Å². The number of nitrogens with one attached hydrogen (secondary N) is 2. The number of para-hydroxylation sites is 1. The van der Waals surface area contributed by atoms with E-state index in [9.17, 15) is 9.59 Å². The van der Waals surface area contributed by atoms with E-state index in [1.165, 1.54) is 0 Å². The Kier molecular flexibility index (Phi) is 6.22. The number of hydrogen-bond donors (Lipinski definition) is 2. The molecule has 1 aliphatic carbocycles. The molecule has 0 aliphatic heterocycles. The third kappa shape index (κ3) is 4.94. The van der Waals surface area contributed by atoms with E-state index in [1.807, 2.05) is 50.2 Å². The SMILES string of the molecule is Cc1cccc(C)c1NC(=O)C1CCC(C(=O)NCc2ccccn2)CC1. The van der Waals surface area contributed by atoms with Crippen LogP contribution in [0.4, 0.5) is 5.69 Å². The molecule has 1 aromatic heterocycles. The standard InChI is InChI=1S/C22H27N3O2/c1-15-6-5-7-16(2)20(15)25-22(27)18-11-9-17(10-12-18)21(26)24-14-19-8-3-4-13-23-19/h3-8,13,17-18H,9-12,14H2,1-2H3,(H,24,26)(H,25,27). The molecule has 1 saturated carbocycles. The molecule has 0 atom stereocenters. The summed E-state index contributed by atoms with van der Waals surface area (Å²) in [7, 11) is 0. The van der Waals surface area contributed by atoms with Crippen molar-refractivity contribution in [1.29, 1.82) is 0 Å². The van der Waals surface area contributed by atoms with E-state index in [4.69, 9.17) is 0 Å². The first-order valence-electron chi connectivity index (χ1n) is 9.59. The first-order chi connectivity index (χ1) is 13.0. The van der Waals surface area contributed by atoms with Gasteiger partial charge in [-0.1, -0.05) is 24.3 Å². The summed E-state index contributed by atoms with van der Waals surface area (Å²) in [6.45, 7) is 4.46. The minimum atomic E-state index is -0.0242. The Morgan fingerprint density at radius 2 is 1.56 bits per heavy atom. The highest BCUT2D eigenvalue weighted by Crippen LogP contribution is 2.30. The normalized spacial score (nSPS) is 19.3. The van der Waals surface area contributed by atoms with Gasteiger partial charge in [-0.3, -0.25) is 14.6 Å². The lowest BCUT2D eigenvalue weighted by atomic mass is 9.81. The summed E-state index contributed by atoms with van der Waals surface area (Å²) in [6, 6.07) is 11.7. The van der Waals surface area contributed by atoms with Gasteiger partial charge in [0.2, 0.25) is 11.8 Å². The summed E-state index contributed by atoms with van der Waals surface area (Å²) in [4.78, 5) is 29.2. The topological polar surface area (TPSA) is 71.1 Å².